The van der Waals surface area contributed by atoms with Crippen molar-refractivity contribution in [2.45, 2.75) is 5.92 Å². The molecule has 0 radical (unpaired) electrons. The third-order valence-electron chi connectivity index (χ3n) is 6.61. The maximum absolute atomic E-state index is 13.2. The number of aliphatic imine (C=N–C) groups is 1. The number of pyridine rings is 1. The first kappa shape index (κ1) is 25.6. The fraction of sp³-hybridized carbons (Fsp3) is 0.200. The predicted octanol–water partition coefficient (Wildman–Crippen LogP) is 5.38. The van der Waals surface area contributed by atoms with Crippen LogP contribution in [0.3, 0.4) is 0 Å². The Morgan fingerprint density at radius 2 is 1.74 bits per heavy atom. The lowest BCUT2D eigenvalue weighted by Crippen LogP contribution is -2.33. The van der Waals surface area contributed by atoms with Crippen molar-refractivity contribution in [3.63, 3.8) is 0 Å². The zero-order valence-electron chi connectivity index (χ0n) is 21.5. The van der Waals surface area contributed by atoms with Gasteiger partial charge in [0.25, 0.3) is 5.91 Å². The van der Waals surface area contributed by atoms with Crippen LogP contribution in [0.5, 0.6) is 0 Å². The average molecular weight is 526 g/mol. The number of carbonyl (C=O) groups is 2. The van der Waals surface area contributed by atoms with Crippen molar-refractivity contribution in [2.75, 3.05) is 39.5 Å². The summed E-state index contributed by atoms with van der Waals surface area (Å²) in [6.45, 7) is 1.41. The number of fused-ring (bicyclic) bond motifs is 2. The Labute approximate surface area is 226 Å². The fourth-order valence-corrected chi connectivity index (χ4v) is 4.70. The molecule has 7 nitrogen and oxygen atoms in total. The van der Waals surface area contributed by atoms with Crippen molar-refractivity contribution in [2.24, 2.45) is 4.99 Å². The molecule has 0 bridgehead atoms. The van der Waals surface area contributed by atoms with Crippen LogP contribution in [0.15, 0.2) is 84.0 Å². The van der Waals surface area contributed by atoms with Gasteiger partial charge in [0.2, 0.25) is 5.91 Å². The summed E-state index contributed by atoms with van der Waals surface area (Å²) in [5.74, 6) is -0.831. The summed E-state index contributed by atoms with van der Waals surface area (Å²) < 4.78 is 0. The van der Waals surface area contributed by atoms with Gasteiger partial charge in [-0.05, 0) is 79.8 Å². The summed E-state index contributed by atoms with van der Waals surface area (Å²) in [6, 6.07) is 22.3. The van der Waals surface area contributed by atoms with E-state index in [4.69, 9.17) is 16.6 Å². The fourth-order valence-electron chi connectivity index (χ4n) is 4.53. The van der Waals surface area contributed by atoms with E-state index in [9.17, 15) is 9.59 Å². The molecule has 0 saturated heterocycles. The van der Waals surface area contributed by atoms with Crippen molar-refractivity contribution in [1.82, 2.24) is 14.8 Å². The molecule has 1 atom stereocenters. The number of hydrogen-bond donors (Lipinski definition) is 1. The quantitative estimate of drug-likeness (QED) is 0.329. The third-order valence-corrected chi connectivity index (χ3v) is 6.85. The maximum atomic E-state index is 13.2. The highest BCUT2D eigenvalue weighted by atomic mass is 35.5. The summed E-state index contributed by atoms with van der Waals surface area (Å²) >= 11 is 6.19. The van der Waals surface area contributed by atoms with E-state index in [1.54, 1.807) is 42.4 Å². The van der Waals surface area contributed by atoms with Gasteiger partial charge in [-0.25, -0.2) is 0 Å². The molecule has 38 heavy (non-hydrogen) atoms. The summed E-state index contributed by atoms with van der Waals surface area (Å²) in [5, 5.41) is 4.45. The standard InChI is InChI=1S/C30H28ClN5O2/c1-35(2)15-16-36(3)30(38)19-6-10-23(11-7-19)33-28(21-8-13-25-20(17-21)5-4-14-32-25)27-24-12-9-22(31)18-26(24)34-29(27)37/h4-14,17-18,27H,15-16H2,1-3H3,(H,34,37). The number of rotatable bonds is 7. The van der Waals surface area contributed by atoms with Crippen LogP contribution in [0, 0.1) is 0 Å². The Balaban J connectivity index is 1.54. The topological polar surface area (TPSA) is 77.9 Å². The molecule has 2 heterocycles. The normalized spacial score (nSPS) is 15.0. The summed E-state index contributed by atoms with van der Waals surface area (Å²) in [7, 11) is 5.76. The second-order valence-electron chi connectivity index (χ2n) is 9.64. The van der Waals surface area contributed by atoms with Gasteiger partial charge < -0.3 is 15.1 Å². The molecule has 4 aromatic rings. The molecule has 192 valence electrons. The first-order valence-corrected chi connectivity index (χ1v) is 12.7. The molecule has 1 aromatic heterocycles. The van der Waals surface area contributed by atoms with E-state index in [2.05, 4.69) is 10.3 Å². The van der Waals surface area contributed by atoms with Crippen LogP contribution in [-0.4, -0.2) is 66.5 Å². The molecule has 2 amide bonds. The van der Waals surface area contributed by atoms with E-state index in [-0.39, 0.29) is 11.8 Å². The van der Waals surface area contributed by atoms with Gasteiger partial charge in [0.15, 0.2) is 0 Å². The average Bonchev–Trinajstić information content (AvgIpc) is 3.24. The van der Waals surface area contributed by atoms with Gasteiger partial charge in [0.05, 0.1) is 16.9 Å². The lowest BCUT2D eigenvalue weighted by Gasteiger charge is -2.19. The van der Waals surface area contributed by atoms with Gasteiger partial charge in [0, 0.05) is 48.0 Å². The maximum Gasteiger partial charge on any atom is 0.253 e. The largest absolute Gasteiger partial charge is 0.340 e. The van der Waals surface area contributed by atoms with E-state index < -0.39 is 5.92 Å². The SMILES string of the molecule is CN(C)CCN(C)C(=O)c1ccc(N=C(c2ccc3ncccc3c2)C2C(=O)Nc3cc(Cl)ccc32)cc1. The number of nitrogens with zero attached hydrogens (tertiary/aromatic N) is 4. The Morgan fingerprint density at radius 3 is 2.50 bits per heavy atom. The van der Waals surface area contributed by atoms with E-state index in [1.165, 1.54) is 0 Å². The minimum Gasteiger partial charge on any atom is -0.340 e. The number of nitrogens with one attached hydrogen (secondary N) is 1. The number of carbonyl (C=O) groups excluding carboxylic acids is 2. The predicted molar refractivity (Wildman–Crippen MR) is 153 cm³/mol. The molecule has 0 fully saturated rings. The molecule has 5 rings (SSSR count). The highest BCUT2D eigenvalue weighted by Gasteiger charge is 2.35. The van der Waals surface area contributed by atoms with E-state index in [0.717, 1.165) is 28.6 Å². The highest BCUT2D eigenvalue weighted by molar-refractivity contribution is 6.31. The lowest BCUT2D eigenvalue weighted by molar-refractivity contribution is -0.115. The first-order chi connectivity index (χ1) is 18.3. The minimum absolute atomic E-state index is 0.0504. The first-order valence-electron chi connectivity index (χ1n) is 12.3. The van der Waals surface area contributed by atoms with E-state index in [1.807, 2.05) is 67.5 Å². The number of likely N-dealkylation sites (N-methyl/N-ethyl adjacent to an activating group) is 2. The summed E-state index contributed by atoms with van der Waals surface area (Å²) in [5.41, 5.74) is 5.02. The van der Waals surface area contributed by atoms with Crippen LogP contribution in [-0.2, 0) is 4.79 Å². The van der Waals surface area contributed by atoms with Crippen LogP contribution < -0.4 is 5.32 Å². The highest BCUT2D eigenvalue weighted by Crippen LogP contribution is 2.38. The number of amides is 2. The van der Waals surface area contributed by atoms with Gasteiger partial charge in [-0.1, -0.05) is 29.8 Å². The molecule has 1 aliphatic rings. The number of halogens is 1. The smallest absolute Gasteiger partial charge is 0.253 e. The summed E-state index contributed by atoms with van der Waals surface area (Å²) in [4.78, 5) is 39.2. The second-order valence-corrected chi connectivity index (χ2v) is 10.1. The molecular weight excluding hydrogens is 498 g/mol. The van der Waals surface area contributed by atoms with Gasteiger partial charge in [-0.3, -0.25) is 19.6 Å². The minimum atomic E-state index is -0.616. The summed E-state index contributed by atoms with van der Waals surface area (Å²) in [6.07, 6.45) is 1.75. The third kappa shape index (κ3) is 5.30. The van der Waals surface area contributed by atoms with Crippen LogP contribution in [0.25, 0.3) is 10.9 Å². The van der Waals surface area contributed by atoms with Crippen molar-refractivity contribution in [1.29, 1.82) is 0 Å². The second kappa shape index (κ2) is 10.7. The number of anilines is 1. The van der Waals surface area contributed by atoms with Crippen molar-refractivity contribution < 1.29 is 9.59 Å². The molecule has 1 unspecified atom stereocenters. The van der Waals surface area contributed by atoms with Gasteiger partial charge in [-0.15, -0.1) is 0 Å². The van der Waals surface area contributed by atoms with Crippen molar-refractivity contribution in [3.8, 4) is 0 Å². The molecule has 3 aromatic carbocycles. The zero-order valence-corrected chi connectivity index (χ0v) is 22.2. The van der Waals surface area contributed by atoms with Crippen LogP contribution in [0.4, 0.5) is 11.4 Å². The van der Waals surface area contributed by atoms with Gasteiger partial charge >= 0.3 is 0 Å². The monoisotopic (exact) mass is 525 g/mol. The number of hydrogen-bond acceptors (Lipinski definition) is 5. The molecule has 0 saturated carbocycles. The molecule has 1 N–H and O–H groups in total. The molecule has 0 aliphatic carbocycles. The molecule has 1 aliphatic heterocycles. The lowest BCUT2D eigenvalue weighted by atomic mass is 9.90. The molecule has 0 spiro atoms. The van der Waals surface area contributed by atoms with E-state index >= 15 is 0 Å². The molecule has 8 heteroatoms. The number of aromatic nitrogens is 1. The van der Waals surface area contributed by atoms with Crippen molar-refractivity contribution >= 4 is 51.4 Å². The number of benzene rings is 3. The van der Waals surface area contributed by atoms with Crippen LogP contribution in [0.1, 0.15) is 27.4 Å². The molecular formula is C30H28ClN5O2. The Hall–Kier alpha value is -4.07. The van der Waals surface area contributed by atoms with Crippen LogP contribution in [0.2, 0.25) is 5.02 Å². The van der Waals surface area contributed by atoms with Gasteiger partial charge in [-0.2, -0.15) is 0 Å². The van der Waals surface area contributed by atoms with E-state index in [0.29, 0.717) is 34.2 Å². The van der Waals surface area contributed by atoms with Crippen molar-refractivity contribution in [3.05, 3.63) is 101 Å². The Morgan fingerprint density at radius 1 is 0.974 bits per heavy atom. The zero-order chi connectivity index (χ0) is 26.8. The Bertz CT molecular complexity index is 1550. The van der Waals surface area contributed by atoms with Gasteiger partial charge in [0.1, 0.15) is 5.92 Å². The van der Waals surface area contributed by atoms with Crippen LogP contribution >= 0.6 is 11.6 Å². The Kier molecular flexibility index (Phi) is 7.22.